The second-order valence-electron chi connectivity index (χ2n) is 9.77. The van der Waals surface area contributed by atoms with Gasteiger partial charge in [0, 0.05) is 40.3 Å². The van der Waals surface area contributed by atoms with Crippen molar-refractivity contribution < 1.29 is 28.9 Å². The Morgan fingerprint density at radius 2 is 1.76 bits per heavy atom. The number of aliphatic hydroxyl groups excluding tert-OH is 1. The van der Waals surface area contributed by atoms with Crippen molar-refractivity contribution in [2.24, 2.45) is 0 Å². The molecule has 6 heteroatoms. The van der Waals surface area contributed by atoms with Gasteiger partial charge < -0.3 is 19.3 Å². The Balaban J connectivity index is 1.32. The van der Waals surface area contributed by atoms with Crippen LogP contribution in [0.15, 0.2) is 71.8 Å². The van der Waals surface area contributed by atoms with Crippen molar-refractivity contribution in [1.29, 1.82) is 0 Å². The van der Waals surface area contributed by atoms with Crippen molar-refractivity contribution in [2.45, 2.75) is 45.6 Å². The second kappa shape index (κ2) is 12.0. The summed E-state index contributed by atoms with van der Waals surface area (Å²) in [5.41, 5.74) is 3.20. The van der Waals surface area contributed by atoms with Crippen molar-refractivity contribution in [3.05, 3.63) is 88.5 Å². The fourth-order valence-corrected chi connectivity index (χ4v) is 4.25. The van der Waals surface area contributed by atoms with Crippen molar-refractivity contribution in [1.82, 2.24) is 0 Å². The van der Waals surface area contributed by atoms with E-state index < -0.39 is 24.1 Å². The van der Waals surface area contributed by atoms with Gasteiger partial charge in [-0.15, -0.1) is 0 Å². The predicted octanol–water partition coefficient (Wildman–Crippen LogP) is 5.26. The zero-order chi connectivity index (χ0) is 27.1. The highest BCUT2D eigenvalue weighted by Crippen LogP contribution is 2.33. The number of benzene rings is 3. The molecule has 3 aromatic rings. The number of ether oxygens (including phenoxy) is 3. The van der Waals surface area contributed by atoms with Crippen LogP contribution in [-0.4, -0.2) is 42.5 Å². The van der Waals surface area contributed by atoms with Crippen LogP contribution in [0.1, 0.15) is 49.8 Å². The van der Waals surface area contributed by atoms with Crippen LogP contribution in [0.25, 0.3) is 10.8 Å². The van der Waals surface area contributed by atoms with Gasteiger partial charge in [0.15, 0.2) is 5.60 Å². The van der Waals surface area contributed by atoms with Crippen LogP contribution < -0.4 is 4.74 Å². The third kappa shape index (κ3) is 6.42. The number of aryl methyl sites for hydroxylation is 1. The number of aliphatic hydroxyl groups is 1. The first kappa shape index (κ1) is 27.0. The Labute approximate surface area is 223 Å². The van der Waals surface area contributed by atoms with E-state index in [0.717, 1.165) is 33.2 Å². The summed E-state index contributed by atoms with van der Waals surface area (Å²) in [6.07, 6.45) is 0.815. The Hall–Kier alpha value is -4.08. The molecule has 0 amide bonds. The van der Waals surface area contributed by atoms with E-state index in [1.165, 1.54) is 5.56 Å². The molecule has 0 radical (unpaired) electrons. The molecule has 0 bridgehead atoms. The van der Waals surface area contributed by atoms with Crippen LogP contribution in [0.4, 0.5) is 0 Å². The molecule has 1 N–H and O–H groups in total. The second-order valence-corrected chi connectivity index (χ2v) is 9.77. The normalized spacial score (nSPS) is 16.5. The molecule has 0 saturated carbocycles. The fraction of sp³-hybridized carbons (Fsp3) is 0.312. The van der Waals surface area contributed by atoms with E-state index >= 15 is 0 Å². The summed E-state index contributed by atoms with van der Waals surface area (Å²) in [5.74, 6) is 6.31. The standard InChI is InChI=1S/C32H32O6/c1-22(2)28-19-32(20-33,38-31(28)35)21-37-30(34)9-6-18-36-29-17-16-25(26-7-4-5-8-27(26)29)15-14-24-12-10-23(3)11-13-24/h4-5,7-8,10-13,16-17,33H,6,9,18-21H2,1-3H3. The maximum atomic E-state index is 12.3. The van der Waals surface area contributed by atoms with Gasteiger partial charge in [-0.1, -0.05) is 59.4 Å². The zero-order valence-corrected chi connectivity index (χ0v) is 22.0. The number of hydrogen-bond donors (Lipinski definition) is 1. The molecule has 0 aromatic heterocycles. The summed E-state index contributed by atoms with van der Waals surface area (Å²) in [5, 5.41) is 11.7. The lowest BCUT2D eigenvalue weighted by Gasteiger charge is -2.24. The van der Waals surface area contributed by atoms with Gasteiger partial charge in [-0.3, -0.25) is 4.79 Å². The van der Waals surface area contributed by atoms with Gasteiger partial charge in [0.2, 0.25) is 0 Å². The topological polar surface area (TPSA) is 82.1 Å². The number of cyclic esters (lactones) is 1. The van der Waals surface area contributed by atoms with E-state index in [9.17, 15) is 14.7 Å². The molecular weight excluding hydrogens is 480 g/mol. The Kier molecular flexibility index (Phi) is 8.50. The lowest BCUT2D eigenvalue weighted by molar-refractivity contribution is -0.166. The molecule has 4 rings (SSSR count). The van der Waals surface area contributed by atoms with Crippen molar-refractivity contribution >= 4 is 22.7 Å². The van der Waals surface area contributed by atoms with Gasteiger partial charge in [-0.05, 0) is 51.5 Å². The number of esters is 2. The number of carbonyl (C=O) groups excluding carboxylic acids is 2. The average molecular weight is 513 g/mol. The first-order chi connectivity index (χ1) is 18.3. The van der Waals surface area contributed by atoms with E-state index in [1.54, 1.807) is 0 Å². The van der Waals surface area contributed by atoms with Crippen LogP contribution in [0, 0.1) is 18.8 Å². The Morgan fingerprint density at radius 1 is 1.03 bits per heavy atom. The number of hydrogen-bond acceptors (Lipinski definition) is 6. The summed E-state index contributed by atoms with van der Waals surface area (Å²) < 4.78 is 16.7. The minimum Gasteiger partial charge on any atom is -0.493 e. The van der Waals surface area contributed by atoms with Gasteiger partial charge in [-0.25, -0.2) is 4.79 Å². The smallest absolute Gasteiger partial charge is 0.334 e. The highest BCUT2D eigenvalue weighted by atomic mass is 16.6. The third-order valence-corrected chi connectivity index (χ3v) is 6.50. The summed E-state index contributed by atoms with van der Waals surface area (Å²) >= 11 is 0. The van der Waals surface area contributed by atoms with E-state index in [-0.39, 0.29) is 19.4 Å². The number of carbonyl (C=O) groups is 2. The van der Waals surface area contributed by atoms with Crippen molar-refractivity contribution in [2.75, 3.05) is 19.8 Å². The van der Waals surface area contributed by atoms with Gasteiger partial charge in [0.25, 0.3) is 0 Å². The lowest BCUT2D eigenvalue weighted by atomic mass is 9.97. The molecule has 1 aliphatic heterocycles. The molecule has 0 aliphatic carbocycles. The van der Waals surface area contributed by atoms with E-state index in [1.807, 2.05) is 81.4 Å². The third-order valence-electron chi connectivity index (χ3n) is 6.50. The monoisotopic (exact) mass is 512 g/mol. The highest BCUT2D eigenvalue weighted by molar-refractivity contribution is 5.93. The predicted molar refractivity (Wildman–Crippen MR) is 146 cm³/mol. The van der Waals surface area contributed by atoms with Crippen LogP contribution in [0.3, 0.4) is 0 Å². The molecule has 1 aliphatic rings. The molecule has 1 fully saturated rings. The highest BCUT2D eigenvalue weighted by Gasteiger charge is 2.45. The van der Waals surface area contributed by atoms with Gasteiger partial charge in [-0.2, -0.15) is 0 Å². The largest absolute Gasteiger partial charge is 0.493 e. The molecular formula is C32H32O6. The molecule has 196 valence electrons. The molecule has 6 nitrogen and oxygen atoms in total. The summed E-state index contributed by atoms with van der Waals surface area (Å²) in [4.78, 5) is 24.4. The van der Waals surface area contributed by atoms with Crippen LogP contribution >= 0.6 is 0 Å². The van der Waals surface area contributed by atoms with Gasteiger partial charge in [0.1, 0.15) is 12.4 Å². The summed E-state index contributed by atoms with van der Waals surface area (Å²) in [6.45, 7) is 5.41. The van der Waals surface area contributed by atoms with Gasteiger partial charge in [0.05, 0.1) is 13.2 Å². The number of fused-ring (bicyclic) bond motifs is 1. The van der Waals surface area contributed by atoms with Crippen LogP contribution in [-0.2, 0) is 19.1 Å². The first-order valence-corrected chi connectivity index (χ1v) is 12.7. The Bertz CT molecular complexity index is 1420. The lowest BCUT2D eigenvalue weighted by Crippen LogP contribution is -2.39. The summed E-state index contributed by atoms with van der Waals surface area (Å²) in [6, 6.07) is 19.9. The van der Waals surface area contributed by atoms with E-state index in [4.69, 9.17) is 14.2 Å². The first-order valence-electron chi connectivity index (χ1n) is 12.7. The van der Waals surface area contributed by atoms with Crippen LogP contribution in [0.2, 0.25) is 0 Å². The summed E-state index contributed by atoms with van der Waals surface area (Å²) in [7, 11) is 0. The van der Waals surface area contributed by atoms with Crippen molar-refractivity contribution in [3.63, 3.8) is 0 Å². The molecule has 1 saturated heterocycles. The molecule has 1 unspecified atom stereocenters. The van der Waals surface area contributed by atoms with E-state index in [0.29, 0.717) is 18.6 Å². The molecule has 3 aromatic carbocycles. The molecule has 1 heterocycles. The maximum Gasteiger partial charge on any atom is 0.334 e. The quantitative estimate of drug-likeness (QED) is 0.192. The minimum atomic E-state index is -1.21. The minimum absolute atomic E-state index is 0.142. The van der Waals surface area contributed by atoms with E-state index in [2.05, 4.69) is 11.8 Å². The molecule has 38 heavy (non-hydrogen) atoms. The molecule has 1 atom stereocenters. The van der Waals surface area contributed by atoms with Gasteiger partial charge >= 0.3 is 11.9 Å². The van der Waals surface area contributed by atoms with Crippen molar-refractivity contribution in [3.8, 4) is 17.6 Å². The number of allylic oxidation sites excluding steroid dienone is 1. The number of rotatable bonds is 8. The Morgan fingerprint density at radius 3 is 2.45 bits per heavy atom. The SMILES string of the molecule is CC(C)=C1CC(CO)(COC(=O)CCCOc2ccc(C#Cc3ccc(C)cc3)c3ccccc23)OC1=O. The fourth-order valence-electron chi connectivity index (χ4n) is 4.25. The zero-order valence-electron chi connectivity index (χ0n) is 22.0. The van der Waals surface area contributed by atoms with Crippen LogP contribution in [0.5, 0.6) is 5.75 Å². The molecule has 0 spiro atoms. The maximum absolute atomic E-state index is 12.3. The average Bonchev–Trinajstić information content (AvgIpc) is 3.27.